The van der Waals surface area contributed by atoms with Crippen molar-refractivity contribution in [2.45, 2.75) is 32.4 Å². The lowest BCUT2D eigenvalue weighted by atomic mass is 10.3. The average Bonchev–Trinajstić information content (AvgIpc) is 2.88. The minimum atomic E-state index is 0.0512. The van der Waals surface area contributed by atoms with E-state index in [4.69, 9.17) is 0 Å². The maximum Gasteiger partial charge on any atom is 0.273 e. The summed E-state index contributed by atoms with van der Waals surface area (Å²) in [6, 6.07) is 0.390. The first-order valence-corrected chi connectivity index (χ1v) is 7.60. The van der Waals surface area contributed by atoms with Crippen LogP contribution in [-0.2, 0) is 6.54 Å². The molecule has 0 radical (unpaired) electrons. The number of hydrogen-bond acceptors (Lipinski definition) is 5. The van der Waals surface area contributed by atoms with Crippen LogP contribution in [0.1, 0.15) is 33.2 Å². The van der Waals surface area contributed by atoms with E-state index in [1.165, 1.54) is 11.3 Å². The highest BCUT2D eigenvalue weighted by Crippen LogP contribution is 2.30. The van der Waals surface area contributed by atoms with Crippen LogP contribution in [0.25, 0.3) is 0 Å². The van der Waals surface area contributed by atoms with E-state index in [1.54, 1.807) is 16.8 Å². The Bertz CT molecular complexity index is 545. The summed E-state index contributed by atoms with van der Waals surface area (Å²) in [4.78, 5) is 23.8. The minimum Gasteiger partial charge on any atom is -0.329 e. The van der Waals surface area contributed by atoms with E-state index >= 15 is 0 Å². The van der Waals surface area contributed by atoms with Gasteiger partial charge < -0.3 is 4.90 Å². The Labute approximate surface area is 113 Å². The lowest BCUT2D eigenvalue weighted by Crippen LogP contribution is -2.32. The van der Waals surface area contributed by atoms with Gasteiger partial charge in [0.2, 0.25) is 0 Å². The predicted molar refractivity (Wildman–Crippen MR) is 71.9 cm³/mol. The molecule has 0 aromatic carbocycles. The number of rotatable bonds is 4. The van der Waals surface area contributed by atoms with Crippen molar-refractivity contribution in [2.24, 2.45) is 0 Å². The number of amides is 1. The van der Waals surface area contributed by atoms with Crippen LogP contribution < -0.4 is 0 Å². The Balaban J connectivity index is 1.79. The standard InChI is InChI=1S/C12H13N3OS2/c1-8-14-11(6-17-8)12(16)15(9-2-3-9)5-10-4-13-7-18-10/h4,6-7,9H,2-3,5H2,1H3. The van der Waals surface area contributed by atoms with E-state index in [2.05, 4.69) is 9.97 Å². The van der Waals surface area contributed by atoms with Crippen molar-refractivity contribution in [1.82, 2.24) is 14.9 Å². The molecule has 0 bridgehead atoms. The van der Waals surface area contributed by atoms with Gasteiger partial charge >= 0.3 is 0 Å². The molecule has 3 rings (SSSR count). The third-order valence-electron chi connectivity index (χ3n) is 2.90. The smallest absolute Gasteiger partial charge is 0.273 e. The van der Waals surface area contributed by atoms with Gasteiger partial charge in [0.25, 0.3) is 5.91 Å². The van der Waals surface area contributed by atoms with Gasteiger partial charge in [-0.3, -0.25) is 9.78 Å². The number of carbonyl (C=O) groups excluding carboxylic acids is 1. The Morgan fingerprint density at radius 3 is 2.89 bits per heavy atom. The van der Waals surface area contributed by atoms with Gasteiger partial charge in [0.15, 0.2) is 0 Å². The normalized spacial score (nSPS) is 14.7. The summed E-state index contributed by atoms with van der Waals surface area (Å²) in [5.74, 6) is 0.0512. The summed E-state index contributed by atoms with van der Waals surface area (Å²) >= 11 is 3.11. The second-order valence-electron chi connectivity index (χ2n) is 4.38. The molecule has 6 heteroatoms. The molecule has 94 valence electrons. The van der Waals surface area contributed by atoms with Crippen molar-refractivity contribution in [3.63, 3.8) is 0 Å². The highest BCUT2D eigenvalue weighted by molar-refractivity contribution is 7.10. The van der Waals surface area contributed by atoms with Crippen LogP contribution in [0.5, 0.6) is 0 Å². The van der Waals surface area contributed by atoms with Gasteiger partial charge in [0.1, 0.15) is 5.69 Å². The number of thiazole rings is 2. The fraction of sp³-hybridized carbons (Fsp3) is 0.417. The van der Waals surface area contributed by atoms with Gasteiger partial charge in [0.05, 0.1) is 17.1 Å². The van der Waals surface area contributed by atoms with Gasteiger partial charge in [-0.15, -0.1) is 22.7 Å². The summed E-state index contributed by atoms with van der Waals surface area (Å²) in [5, 5.41) is 2.78. The molecule has 2 heterocycles. The van der Waals surface area contributed by atoms with Crippen molar-refractivity contribution in [3.8, 4) is 0 Å². The van der Waals surface area contributed by atoms with E-state index in [-0.39, 0.29) is 5.91 Å². The molecule has 2 aromatic rings. The van der Waals surface area contributed by atoms with Crippen molar-refractivity contribution in [2.75, 3.05) is 0 Å². The second-order valence-corrected chi connectivity index (χ2v) is 6.42. The van der Waals surface area contributed by atoms with Crippen LogP contribution in [0.4, 0.5) is 0 Å². The molecule has 0 N–H and O–H groups in total. The van der Waals surface area contributed by atoms with Crippen LogP contribution in [0.3, 0.4) is 0 Å². The molecule has 1 saturated carbocycles. The number of aromatic nitrogens is 2. The van der Waals surface area contributed by atoms with Gasteiger partial charge in [-0.25, -0.2) is 4.98 Å². The van der Waals surface area contributed by atoms with Crippen LogP contribution >= 0.6 is 22.7 Å². The van der Waals surface area contributed by atoms with Crippen LogP contribution in [0.2, 0.25) is 0 Å². The van der Waals surface area contributed by atoms with E-state index < -0.39 is 0 Å². The molecule has 1 fully saturated rings. The van der Waals surface area contributed by atoms with Crippen LogP contribution in [0, 0.1) is 6.92 Å². The molecule has 0 spiro atoms. The maximum atomic E-state index is 12.4. The first kappa shape index (κ1) is 11.8. The zero-order valence-corrected chi connectivity index (χ0v) is 11.6. The first-order chi connectivity index (χ1) is 8.74. The summed E-state index contributed by atoms with van der Waals surface area (Å²) in [6.07, 6.45) is 4.04. The summed E-state index contributed by atoms with van der Waals surface area (Å²) < 4.78 is 0. The summed E-state index contributed by atoms with van der Waals surface area (Å²) in [7, 11) is 0. The summed E-state index contributed by atoms with van der Waals surface area (Å²) in [5.41, 5.74) is 2.38. The molecule has 18 heavy (non-hydrogen) atoms. The third kappa shape index (κ3) is 2.44. The first-order valence-electron chi connectivity index (χ1n) is 5.84. The van der Waals surface area contributed by atoms with Crippen molar-refractivity contribution < 1.29 is 4.79 Å². The SMILES string of the molecule is Cc1nc(C(=O)N(Cc2cncs2)C2CC2)cs1. The number of carbonyl (C=O) groups is 1. The Morgan fingerprint density at radius 2 is 2.33 bits per heavy atom. The number of nitrogens with zero attached hydrogens (tertiary/aromatic N) is 3. The number of aryl methyl sites for hydroxylation is 1. The fourth-order valence-electron chi connectivity index (χ4n) is 1.85. The fourth-order valence-corrected chi connectivity index (χ4v) is 3.03. The Kier molecular flexibility index (Phi) is 3.13. The zero-order chi connectivity index (χ0) is 12.5. The predicted octanol–water partition coefficient (Wildman–Crippen LogP) is 2.71. The highest BCUT2D eigenvalue weighted by atomic mass is 32.1. The van der Waals surface area contributed by atoms with Crippen LogP contribution in [0.15, 0.2) is 17.1 Å². The van der Waals surface area contributed by atoms with Gasteiger partial charge in [-0.2, -0.15) is 0 Å². The molecular formula is C12H13N3OS2. The van der Waals surface area contributed by atoms with Gasteiger partial charge in [0, 0.05) is 22.5 Å². The zero-order valence-electron chi connectivity index (χ0n) is 10.00. The van der Waals surface area contributed by atoms with E-state index in [0.717, 1.165) is 22.7 Å². The highest BCUT2D eigenvalue weighted by Gasteiger charge is 2.34. The van der Waals surface area contributed by atoms with E-state index in [9.17, 15) is 4.79 Å². The molecule has 1 aliphatic carbocycles. The molecule has 1 amide bonds. The molecule has 0 unspecified atom stereocenters. The minimum absolute atomic E-state index is 0.0512. The van der Waals surface area contributed by atoms with E-state index in [0.29, 0.717) is 18.3 Å². The summed E-state index contributed by atoms with van der Waals surface area (Å²) in [6.45, 7) is 2.58. The van der Waals surface area contributed by atoms with Crippen molar-refractivity contribution >= 4 is 28.6 Å². The lowest BCUT2D eigenvalue weighted by Gasteiger charge is -2.20. The van der Waals surface area contributed by atoms with Crippen molar-refractivity contribution in [1.29, 1.82) is 0 Å². The number of hydrogen-bond donors (Lipinski definition) is 0. The van der Waals surface area contributed by atoms with E-state index in [1.807, 2.05) is 23.4 Å². The molecule has 0 atom stereocenters. The van der Waals surface area contributed by atoms with Gasteiger partial charge in [-0.05, 0) is 19.8 Å². The van der Waals surface area contributed by atoms with Crippen molar-refractivity contribution in [3.05, 3.63) is 32.7 Å². The molecule has 2 aromatic heterocycles. The molecular weight excluding hydrogens is 266 g/mol. The topological polar surface area (TPSA) is 46.1 Å². The molecule has 4 nitrogen and oxygen atoms in total. The van der Waals surface area contributed by atoms with Crippen LogP contribution in [-0.4, -0.2) is 26.8 Å². The molecule has 0 saturated heterocycles. The third-order valence-corrected chi connectivity index (χ3v) is 4.43. The monoisotopic (exact) mass is 279 g/mol. The quantitative estimate of drug-likeness (QED) is 0.864. The maximum absolute atomic E-state index is 12.4. The Morgan fingerprint density at radius 1 is 1.50 bits per heavy atom. The Hall–Kier alpha value is -1.27. The largest absolute Gasteiger partial charge is 0.329 e. The van der Waals surface area contributed by atoms with Gasteiger partial charge in [-0.1, -0.05) is 0 Å². The molecule has 1 aliphatic rings. The second kappa shape index (κ2) is 4.78. The average molecular weight is 279 g/mol. The lowest BCUT2D eigenvalue weighted by molar-refractivity contribution is 0.0726. The molecule has 0 aliphatic heterocycles.